The van der Waals surface area contributed by atoms with Gasteiger partial charge in [0.1, 0.15) is 0 Å². The van der Waals surface area contributed by atoms with Crippen LogP contribution < -0.4 is 5.32 Å². The first kappa shape index (κ1) is 13.5. The summed E-state index contributed by atoms with van der Waals surface area (Å²) in [6, 6.07) is 0. The van der Waals surface area contributed by atoms with E-state index in [1.165, 1.54) is 6.42 Å². The van der Waals surface area contributed by atoms with Crippen molar-refractivity contribution in [3.05, 3.63) is 11.7 Å². The highest BCUT2D eigenvalue weighted by atomic mass is 16.5. The van der Waals surface area contributed by atoms with Gasteiger partial charge in [0.15, 0.2) is 5.82 Å². The lowest BCUT2D eigenvalue weighted by atomic mass is 9.78. The van der Waals surface area contributed by atoms with Gasteiger partial charge in [0.25, 0.3) is 0 Å². The third-order valence-corrected chi connectivity index (χ3v) is 3.82. The zero-order valence-corrected chi connectivity index (χ0v) is 11.4. The molecule has 1 aromatic rings. The molecular weight excluding hydrogens is 230 g/mol. The van der Waals surface area contributed by atoms with Crippen LogP contribution in [-0.2, 0) is 16.6 Å². The van der Waals surface area contributed by atoms with Crippen molar-refractivity contribution in [2.24, 2.45) is 0 Å². The van der Waals surface area contributed by atoms with E-state index in [1.807, 2.05) is 0 Å². The molecule has 1 aliphatic heterocycles. The molecule has 0 radical (unpaired) electrons. The van der Waals surface area contributed by atoms with E-state index in [0.717, 1.165) is 57.1 Å². The Labute approximate surface area is 108 Å². The Balaban J connectivity index is 2.02. The summed E-state index contributed by atoms with van der Waals surface area (Å²) in [4.78, 5) is 4.58. The second-order valence-corrected chi connectivity index (χ2v) is 5.03. The number of rotatable bonds is 6. The Morgan fingerprint density at radius 2 is 2.39 bits per heavy atom. The maximum Gasteiger partial charge on any atom is 0.234 e. The van der Waals surface area contributed by atoms with Crippen LogP contribution in [0.5, 0.6) is 0 Å². The zero-order valence-electron chi connectivity index (χ0n) is 11.4. The van der Waals surface area contributed by atoms with Gasteiger partial charge in [0, 0.05) is 26.7 Å². The molecule has 0 saturated carbocycles. The van der Waals surface area contributed by atoms with Gasteiger partial charge in [0.05, 0.1) is 5.41 Å². The van der Waals surface area contributed by atoms with E-state index in [-0.39, 0.29) is 5.41 Å². The van der Waals surface area contributed by atoms with Gasteiger partial charge in [-0.2, -0.15) is 4.98 Å². The van der Waals surface area contributed by atoms with E-state index in [2.05, 4.69) is 22.4 Å². The summed E-state index contributed by atoms with van der Waals surface area (Å²) in [5.41, 5.74) is 0.0464. The molecule has 18 heavy (non-hydrogen) atoms. The molecule has 0 bridgehead atoms. The van der Waals surface area contributed by atoms with Crippen molar-refractivity contribution in [3.63, 3.8) is 0 Å². The summed E-state index contributed by atoms with van der Waals surface area (Å²) in [7, 11) is 1.71. The number of nitrogens with zero attached hydrogens (tertiary/aromatic N) is 2. The summed E-state index contributed by atoms with van der Waals surface area (Å²) in [5.74, 6) is 1.62. The fraction of sp³-hybridized carbons (Fsp3) is 0.846. The SMILES string of the molecule is CCC1(c2nc(CCCOC)no2)CCCNC1. The van der Waals surface area contributed by atoms with E-state index < -0.39 is 0 Å². The minimum absolute atomic E-state index is 0.0464. The van der Waals surface area contributed by atoms with Crippen LogP contribution in [0.4, 0.5) is 0 Å². The third-order valence-electron chi connectivity index (χ3n) is 3.82. The van der Waals surface area contributed by atoms with E-state index in [4.69, 9.17) is 9.26 Å². The Kier molecular flexibility index (Phi) is 4.72. The zero-order chi connectivity index (χ0) is 12.8. The number of hydrogen-bond acceptors (Lipinski definition) is 5. The first-order valence-electron chi connectivity index (χ1n) is 6.83. The lowest BCUT2D eigenvalue weighted by Gasteiger charge is -2.33. The quantitative estimate of drug-likeness (QED) is 0.782. The average molecular weight is 253 g/mol. The van der Waals surface area contributed by atoms with E-state index in [0.29, 0.717) is 0 Å². The predicted molar refractivity (Wildman–Crippen MR) is 68.6 cm³/mol. The van der Waals surface area contributed by atoms with Crippen molar-refractivity contribution >= 4 is 0 Å². The smallest absolute Gasteiger partial charge is 0.234 e. The Hall–Kier alpha value is -0.940. The maximum absolute atomic E-state index is 5.49. The molecule has 1 atom stereocenters. The van der Waals surface area contributed by atoms with Crippen molar-refractivity contribution < 1.29 is 9.26 Å². The molecule has 1 aliphatic rings. The van der Waals surface area contributed by atoms with Crippen LogP contribution in [0.1, 0.15) is 44.3 Å². The predicted octanol–water partition coefficient (Wildman–Crippen LogP) is 1.68. The van der Waals surface area contributed by atoms with Crippen LogP contribution >= 0.6 is 0 Å². The molecule has 2 rings (SSSR count). The number of nitrogens with one attached hydrogen (secondary N) is 1. The lowest BCUT2D eigenvalue weighted by molar-refractivity contribution is 0.194. The van der Waals surface area contributed by atoms with Gasteiger partial charge in [-0.15, -0.1) is 0 Å². The van der Waals surface area contributed by atoms with Crippen molar-refractivity contribution in [1.29, 1.82) is 0 Å². The summed E-state index contributed by atoms with van der Waals surface area (Å²) in [5, 5.41) is 7.53. The molecule has 5 heteroatoms. The molecule has 0 aliphatic carbocycles. The lowest BCUT2D eigenvalue weighted by Crippen LogP contribution is -2.43. The number of aromatic nitrogens is 2. The van der Waals surface area contributed by atoms with Crippen LogP contribution in [0, 0.1) is 0 Å². The van der Waals surface area contributed by atoms with Gasteiger partial charge < -0.3 is 14.6 Å². The van der Waals surface area contributed by atoms with Crippen molar-refractivity contribution in [2.75, 3.05) is 26.8 Å². The van der Waals surface area contributed by atoms with E-state index in [1.54, 1.807) is 7.11 Å². The highest BCUT2D eigenvalue weighted by Gasteiger charge is 2.37. The number of hydrogen-bond donors (Lipinski definition) is 1. The van der Waals surface area contributed by atoms with Crippen molar-refractivity contribution in [3.8, 4) is 0 Å². The monoisotopic (exact) mass is 253 g/mol. The maximum atomic E-state index is 5.49. The molecule has 102 valence electrons. The molecule has 0 spiro atoms. The summed E-state index contributed by atoms with van der Waals surface area (Å²) in [6.07, 6.45) is 5.11. The molecule has 1 aromatic heterocycles. The molecule has 2 heterocycles. The summed E-state index contributed by atoms with van der Waals surface area (Å²) < 4.78 is 10.5. The molecule has 5 nitrogen and oxygen atoms in total. The highest BCUT2D eigenvalue weighted by Crippen LogP contribution is 2.33. The number of piperidine rings is 1. The van der Waals surface area contributed by atoms with E-state index in [9.17, 15) is 0 Å². The molecule has 1 unspecified atom stereocenters. The third kappa shape index (κ3) is 2.90. The van der Waals surface area contributed by atoms with Gasteiger partial charge in [-0.1, -0.05) is 12.1 Å². The standard InChI is InChI=1S/C13H23N3O2/c1-3-13(7-5-8-14-10-13)12-15-11(16-18-12)6-4-9-17-2/h14H,3-10H2,1-2H3. The van der Waals surface area contributed by atoms with Gasteiger partial charge >= 0.3 is 0 Å². The van der Waals surface area contributed by atoms with Gasteiger partial charge in [-0.05, 0) is 32.2 Å². The second kappa shape index (κ2) is 6.29. The molecule has 0 amide bonds. The fourth-order valence-electron chi connectivity index (χ4n) is 2.55. The van der Waals surface area contributed by atoms with Crippen LogP contribution in [0.25, 0.3) is 0 Å². The van der Waals surface area contributed by atoms with Crippen LogP contribution in [0.15, 0.2) is 4.52 Å². The van der Waals surface area contributed by atoms with Gasteiger partial charge in [-0.3, -0.25) is 0 Å². The first-order valence-corrected chi connectivity index (χ1v) is 6.83. The Morgan fingerprint density at radius 3 is 3.06 bits per heavy atom. The Bertz CT molecular complexity index is 359. The molecule has 1 N–H and O–H groups in total. The average Bonchev–Trinajstić information content (AvgIpc) is 2.89. The first-order chi connectivity index (χ1) is 8.80. The molecule has 0 aromatic carbocycles. The number of aryl methyl sites for hydroxylation is 1. The molecular formula is C13H23N3O2. The molecule has 1 fully saturated rings. The van der Waals surface area contributed by atoms with E-state index >= 15 is 0 Å². The number of ether oxygens (including phenoxy) is 1. The number of methoxy groups -OCH3 is 1. The topological polar surface area (TPSA) is 60.2 Å². The fourth-order valence-corrected chi connectivity index (χ4v) is 2.55. The highest BCUT2D eigenvalue weighted by molar-refractivity contribution is 5.08. The van der Waals surface area contributed by atoms with Gasteiger partial charge in [0.2, 0.25) is 5.89 Å². The van der Waals surface area contributed by atoms with Crippen LogP contribution in [-0.4, -0.2) is 36.9 Å². The van der Waals surface area contributed by atoms with Crippen LogP contribution in [0.3, 0.4) is 0 Å². The largest absolute Gasteiger partial charge is 0.385 e. The Morgan fingerprint density at radius 1 is 1.50 bits per heavy atom. The minimum atomic E-state index is 0.0464. The summed E-state index contributed by atoms with van der Waals surface area (Å²) >= 11 is 0. The van der Waals surface area contributed by atoms with Crippen molar-refractivity contribution in [2.45, 2.75) is 44.4 Å². The minimum Gasteiger partial charge on any atom is -0.385 e. The second-order valence-electron chi connectivity index (χ2n) is 5.03. The normalized spacial score (nSPS) is 24.3. The summed E-state index contributed by atoms with van der Waals surface area (Å²) in [6.45, 7) is 4.98. The van der Waals surface area contributed by atoms with Crippen LogP contribution in [0.2, 0.25) is 0 Å². The molecule has 1 saturated heterocycles. The van der Waals surface area contributed by atoms with Gasteiger partial charge in [-0.25, -0.2) is 0 Å². The van der Waals surface area contributed by atoms with Crippen molar-refractivity contribution in [1.82, 2.24) is 15.5 Å².